The Labute approximate surface area is 227 Å². The van der Waals surface area contributed by atoms with Gasteiger partial charge in [0, 0.05) is 25.4 Å². The summed E-state index contributed by atoms with van der Waals surface area (Å²) in [6.07, 6.45) is 5.17. The van der Waals surface area contributed by atoms with Gasteiger partial charge in [0.2, 0.25) is 5.90 Å². The van der Waals surface area contributed by atoms with E-state index in [9.17, 15) is 9.90 Å². The van der Waals surface area contributed by atoms with Crippen LogP contribution in [0.4, 0.5) is 0 Å². The van der Waals surface area contributed by atoms with Crippen molar-refractivity contribution in [1.82, 2.24) is 14.8 Å². The number of nitrogens with zero attached hydrogens (tertiary/aromatic N) is 3. The number of aromatic hydroxyl groups is 1. The zero-order valence-electron chi connectivity index (χ0n) is 22.5. The molecule has 39 heavy (non-hydrogen) atoms. The lowest BCUT2D eigenvalue weighted by Gasteiger charge is -2.19. The molecule has 4 rings (SSSR count). The molecular formula is C30H32N4O5. The number of aryl methyl sites for hydroxylation is 1. The molecule has 0 saturated carbocycles. The first-order chi connectivity index (χ1) is 18.9. The molecule has 2 aromatic heterocycles. The summed E-state index contributed by atoms with van der Waals surface area (Å²) in [5.41, 5.74) is 2.60. The van der Waals surface area contributed by atoms with Crippen LogP contribution in [0.1, 0.15) is 30.2 Å². The summed E-state index contributed by atoms with van der Waals surface area (Å²) in [7, 11) is 4.55. The lowest BCUT2D eigenvalue weighted by molar-refractivity contribution is 0.394. The average Bonchev–Trinajstić information content (AvgIpc) is 3.41. The predicted molar refractivity (Wildman–Crippen MR) is 151 cm³/mol. The van der Waals surface area contributed by atoms with Crippen LogP contribution in [0.15, 0.2) is 83.0 Å². The van der Waals surface area contributed by atoms with Gasteiger partial charge in [0.15, 0.2) is 0 Å². The van der Waals surface area contributed by atoms with Gasteiger partial charge in [-0.1, -0.05) is 44.2 Å². The molecule has 9 nitrogen and oxygen atoms in total. The Morgan fingerprint density at radius 3 is 2.38 bits per heavy atom. The maximum absolute atomic E-state index is 13.2. The summed E-state index contributed by atoms with van der Waals surface area (Å²) in [6, 6.07) is 15.0. The zero-order valence-corrected chi connectivity index (χ0v) is 22.5. The van der Waals surface area contributed by atoms with Crippen molar-refractivity contribution in [3.05, 3.63) is 100 Å². The molecule has 202 valence electrons. The van der Waals surface area contributed by atoms with Gasteiger partial charge in [0.25, 0.3) is 5.56 Å². The Morgan fingerprint density at radius 1 is 1.08 bits per heavy atom. The molecule has 2 N–H and O–H groups in total. The Kier molecular flexibility index (Phi) is 8.50. The van der Waals surface area contributed by atoms with E-state index < -0.39 is 5.56 Å². The molecule has 0 amide bonds. The van der Waals surface area contributed by atoms with E-state index in [4.69, 9.17) is 14.2 Å². The SMILES string of the molecule is C=C(Cc1cnn(-c2ccccc2)c1)OC(=NC)c1c(O)c(-c2c(OC)cccc2OC)c(CCC)[nH]c1=O. The van der Waals surface area contributed by atoms with E-state index in [2.05, 4.69) is 21.7 Å². The van der Waals surface area contributed by atoms with Crippen LogP contribution >= 0.6 is 0 Å². The van der Waals surface area contributed by atoms with Crippen molar-refractivity contribution in [1.29, 1.82) is 0 Å². The molecule has 0 saturated heterocycles. The number of aliphatic imine (C=N–C) groups is 1. The summed E-state index contributed by atoms with van der Waals surface area (Å²) >= 11 is 0. The summed E-state index contributed by atoms with van der Waals surface area (Å²) in [5.74, 6) is 0.949. The van der Waals surface area contributed by atoms with E-state index in [0.29, 0.717) is 46.9 Å². The van der Waals surface area contributed by atoms with Gasteiger partial charge in [-0.25, -0.2) is 4.68 Å². The number of methoxy groups -OCH3 is 2. The third kappa shape index (κ3) is 5.72. The quantitative estimate of drug-likeness (QED) is 0.169. The minimum atomic E-state index is -0.529. The number of aromatic amines is 1. The van der Waals surface area contributed by atoms with Crippen molar-refractivity contribution in [3.63, 3.8) is 0 Å². The van der Waals surface area contributed by atoms with Gasteiger partial charge >= 0.3 is 0 Å². The average molecular weight is 529 g/mol. The fourth-order valence-corrected chi connectivity index (χ4v) is 4.42. The molecule has 0 aliphatic rings. The molecule has 0 unspecified atom stereocenters. The molecule has 0 spiro atoms. The first-order valence-corrected chi connectivity index (χ1v) is 12.5. The number of hydrogen-bond donors (Lipinski definition) is 2. The van der Waals surface area contributed by atoms with Crippen LogP contribution in [0.25, 0.3) is 16.8 Å². The van der Waals surface area contributed by atoms with Gasteiger partial charge in [-0.2, -0.15) is 5.10 Å². The third-order valence-corrected chi connectivity index (χ3v) is 6.16. The van der Waals surface area contributed by atoms with Crippen LogP contribution in [-0.4, -0.2) is 47.0 Å². The largest absolute Gasteiger partial charge is 0.506 e. The van der Waals surface area contributed by atoms with Crippen molar-refractivity contribution < 1.29 is 19.3 Å². The molecule has 0 atom stereocenters. The molecule has 0 bridgehead atoms. The van der Waals surface area contributed by atoms with E-state index in [1.54, 1.807) is 29.1 Å². The topological polar surface area (TPSA) is 111 Å². The minimum Gasteiger partial charge on any atom is -0.506 e. The van der Waals surface area contributed by atoms with E-state index in [-0.39, 0.29) is 17.2 Å². The first kappa shape index (κ1) is 27.3. The van der Waals surface area contributed by atoms with Gasteiger partial charge in [0.1, 0.15) is 28.6 Å². The molecule has 2 aromatic carbocycles. The highest BCUT2D eigenvalue weighted by atomic mass is 16.5. The lowest BCUT2D eigenvalue weighted by atomic mass is 9.96. The maximum Gasteiger partial charge on any atom is 0.264 e. The van der Waals surface area contributed by atoms with Crippen molar-refractivity contribution in [3.8, 4) is 34.1 Å². The van der Waals surface area contributed by atoms with Gasteiger partial charge in [0.05, 0.1) is 37.2 Å². The second-order valence-corrected chi connectivity index (χ2v) is 8.79. The fourth-order valence-electron chi connectivity index (χ4n) is 4.42. The predicted octanol–water partition coefficient (Wildman–Crippen LogP) is 5.05. The Morgan fingerprint density at radius 2 is 1.77 bits per heavy atom. The molecule has 0 radical (unpaired) electrons. The van der Waals surface area contributed by atoms with E-state index in [0.717, 1.165) is 17.7 Å². The standard InChI is InChI=1S/C30H32N4O5/c1-6-11-22-25(26-23(37-4)14-10-15-24(26)38-5)28(35)27(29(36)33-22)30(31-3)39-19(2)16-20-17-32-34(18-20)21-12-8-7-9-13-21/h7-10,12-15,17-18H,2,6,11,16H2,1,3-5H3,(H2,33,35,36). The van der Waals surface area contributed by atoms with Crippen molar-refractivity contribution in [2.45, 2.75) is 26.2 Å². The van der Waals surface area contributed by atoms with Crippen LogP contribution in [0.2, 0.25) is 0 Å². The van der Waals surface area contributed by atoms with Crippen molar-refractivity contribution in [2.24, 2.45) is 4.99 Å². The normalized spacial score (nSPS) is 11.3. The van der Waals surface area contributed by atoms with Crippen LogP contribution in [0.5, 0.6) is 17.2 Å². The third-order valence-electron chi connectivity index (χ3n) is 6.16. The maximum atomic E-state index is 13.2. The molecule has 0 aliphatic heterocycles. The molecule has 0 aliphatic carbocycles. The van der Waals surface area contributed by atoms with Gasteiger partial charge in [-0.15, -0.1) is 0 Å². The molecule has 4 aromatic rings. The smallest absolute Gasteiger partial charge is 0.264 e. The summed E-state index contributed by atoms with van der Waals surface area (Å²) < 4.78 is 18.9. The van der Waals surface area contributed by atoms with Gasteiger partial charge in [-0.05, 0) is 36.2 Å². The van der Waals surface area contributed by atoms with Gasteiger partial charge in [-0.3, -0.25) is 9.79 Å². The number of pyridine rings is 1. The number of aromatic nitrogens is 3. The molecule has 9 heteroatoms. The first-order valence-electron chi connectivity index (χ1n) is 12.5. The number of ether oxygens (including phenoxy) is 3. The number of rotatable bonds is 10. The molecule has 2 heterocycles. The van der Waals surface area contributed by atoms with Crippen molar-refractivity contribution in [2.75, 3.05) is 21.3 Å². The summed E-state index contributed by atoms with van der Waals surface area (Å²) in [4.78, 5) is 20.3. The Hall–Kier alpha value is -4.79. The number of benzene rings is 2. The van der Waals surface area contributed by atoms with E-state index in [1.807, 2.05) is 43.5 Å². The Balaban J connectivity index is 1.70. The van der Waals surface area contributed by atoms with E-state index >= 15 is 0 Å². The number of hydrogen-bond acceptors (Lipinski definition) is 7. The van der Waals surface area contributed by atoms with Crippen LogP contribution in [-0.2, 0) is 17.6 Å². The highest BCUT2D eigenvalue weighted by Crippen LogP contribution is 2.44. The number of nitrogens with one attached hydrogen (secondary N) is 1. The van der Waals surface area contributed by atoms with Crippen molar-refractivity contribution >= 4 is 5.90 Å². The highest BCUT2D eigenvalue weighted by molar-refractivity contribution is 6.00. The fraction of sp³-hybridized carbons (Fsp3) is 0.233. The molecule has 0 fully saturated rings. The van der Waals surface area contributed by atoms with Crippen LogP contribution in [0, 0.1) is 0 Å². The summed E-state index contributed by atoms with van der Waals surface area (Å²) in [6.45, 7) is 6.00. The zero-order chi connectivity index (χ0) is 27.9. The van der Waals surface area contributed by atoms with Crippen LogP contribution < -0.4 is 15.0 Å². The lowest BCUT2D eigenvalue weighted by Crippen LogP contribution is -2.23. The highest BCUT2D eigenvalue weighted by Gasteiger charge is 2.27. The minimum absolute atomic E-state index is 0.0626. The Bertz CT molecular complexity index is 1530. The second kappa shape index (κ2) is 12.2. The number of para-hydroxylation sites is 1. The summed E-state index contributed by atoms with van der Waals surface area (Å²) in [5, 5.41) is 16.0. The number of allylic oxidation sites excluding steroid dienone is 1. The van der Waals surface area contributed by atoms with E-state index in [1.165, 1.54) is 21.3 Å². The molecular weight excluding hydrogens is 496 g/mol. The second-order valence-electron chi connectivity index (χ2n) is 8.79. The van der Waals surface area contributed by atoms with Crippen LogP contribution in [0.3, 0.4) is 0 Å². The number of H-pyrrole nitrogens is 1. The van der Waals surface area contributed by atoms with Gasteiger partial charge < -0.3 is 24.3 Å². The monoisotopic (exact) mass is 528 g/mol.